The predicted molar refractivity (Wildman–Crippen MR) is 74.5 cm³/mol. The van der Waals surface area contributed by atoms with Gasteiger partial charge in [-0.15, -0.1) is 0 Å². The van der Waals surface area contributed by atoms with E-state index in [4.69, 9.17) is 4.74 Å². The van der Waals surface area contributed by atoms with Crippen molar-refractivity contribution >= 4 is 11.9 Å². The highest BCUT2D eigenvalue weighted by molar-refractivity contribution is 5.67. The van der Waals surface area contributed by atoms with Crippen molar-refractivity contribution in [3.63, 3.8) is 0 Å². The van der Waals surface area contributed by atoms with Crippen LogP contribution in [0.1, 0.15) is 26.5 Å². The molecule has 124 valence electrons. The Morgan fingerprint density at radius 3 is 2.50 bits per heavy atom. The van der Waals surface area contributed by atoms with E-state index in [1.807, 2.05) is 0 Å². The van der Waals surface area contributed by atoms with Gasteiger partial charge in [-0.25, -0.2) is 14.8 Å². The minimum absolute atomic E-state index is 0.120. The molecule has 1 heterocycles. The quantitative estimate of drug-likeness (QED) is 0.815. The lowest BCUT2D eigenvalue weighted by Crippen LogP contribution is -2.35. The molecule has 0 fully saturated rings. The van der Waals surface area contributed by atoms with Crippen molar-refractivity contribution in [2.24, 2.45) is 0 Å². The molecule has 1 aromatic heterocycles. The van der Waals surface area contributed by atoms with E-state index in [2.05, 4.69) is 20.6 Å². The number of rotatable bonds is 5. The third kappa shape index (κ3) is 8.28. The van der Waals surface area contributed by atoms with Gasteiger partial charge in [0.15, 0.2) is 0 Å². The number of nitrogens with zero attached hydrogens (tertiary/aromatic N) is 2. The summed E-state index contributed by atoms with van der Waals surface area (Å²) in [5.41, 5.74) is -0.707. The maximum Gasteiger partial charge on any atom is 0.407 e. The topological polar surface area (TPSA) is 76.1 Å². The van der Waals surface area contributed by atoms with Crippen molar-refractivity contribution in [3.05, 3.63) is 18.1 Å². The average molecular weight is 320 g/mol. The second-order valence-electron chi connectivity index (χ2n) is 5.54. The molecule has 0 atom stereocenters. The van der Waals surface area contributed by atoms with Gasteiger partial charge in [-0.3, -0.25) is 0 Å². The number of alkyl carbamates (subject to hydrolysis) is 1. The zero-order chi connectivity index (χ0) is 16.8. The molecular weight excluding hydrogens is 301 g/mol. The molecule has 1 aromatic rings. The number of carbonyl (C=O) groups is 1. The minimum atomic E-state index is -4.32. The Hall–Kier alpha value is -2.06. The fraction of sp³-hybridized carbons (Fsp3) is 0.615. The zero-order valence-corrected chi connectivity index (χ0v) is 12.6. The van der Waals surface area contributed by atoms with Gasteiger partial charge in [-0.2, -0.15) is 13.2 Å². The van der Waals surface area contributed by atoms with Gasteiger partial charge in [0.2, 0.25) is 0 Å². The van der Waals surface area contributed by atoms with Crippen LogP contribution in [0.15, 0.2) is 12.4 Å². The lowest BCUT2D eigenvalue weighted by atomic mass is 10.2. The number of halogens is 3. The highest BCUT2D eigenvalue weighted by atomic mass is 19.4. The second-order valence-corrected chi connectivity index (χ2v) is 5.54. The number of hydrogen-bond donors (Lipinski definition) is 2. The number of hydrogen-bond acceptors (Lipinski definition) is 5. The van der Waals surface area contributed by atoms with Crippen molar-refractivity contribution in [2.45, 2.75) is 39.0 Å². The molecule has 0 aliphatic carbocycles. The van der Waals surface area contributed by atoms with E-state index in [1.54, 1.807) is 20.8 Å². The third-order valence-corrected chi connectivity index (χ3v) is 2.20. The lowest BCUT2D eigenvalue weighted by Gasteiger charge is -2.19. The molecule has 0 aromatic carbocycles. The van der Waals surface area contributed by atoms with E-state index in [1.165, 1.54) is 6.07 Å². The van der Waals surface area contributed by atoms with Gasteiger partial charge in [0.25, 0.3) is 0 Å². The van der Waals surface area contributed by atoms with E-state index in [0.29, 0.717) is 6.54 Å². The van der Waals surface area contributed by atoms with Crippen molar-refractivity contribution < 1.29 is 22.7 Å². The van der Waals surface area contributed by atoms with Gasteiger partial charge < -0.3 is 15.4 Å². The van der Waals surface area contributed by atoms with Gasteiger partial charge in [-0.05, 0) is 20.8 Å². The van der Waals surface area contributed by atoms with E-state index in [9.17, 15) is 18.0 Å². The Balaban J connectivity index is 2.36. The van der Waals surface area contributed by atoms with E-state index < -0.39 is 24.3 Å². The first kappa shape index (κ1) is 18.0. The number of nitrogens with one attached hydrogen (secondary N) is 2. The van der Waals surface area contributed by atoms with E-state index in [0.717, 1.165) is 6.33 Å². The molecule has 0 radical (unpaired) electrons. The zero-order valence-electron chi connectivity index (χ0n) is 12.6. The standard InChI is InChI=1S/C13H19F3N4O2/c1-12(2,3)22-11(21)18-5-4-17-10-6-9(19-8-20-10)7-13(14,15)16/h6,8H,4-5,7H2,1-3H3,(H,18,21)(H,17,19,20). The minimum Gasteiger partial charge on any atom is -0.444 e. The molecule has 0 aliphatic heterocycles. The number of alkyl halides is 3. The Labute approximate surface area is 126 Å². The normalized spacial score (nSPS) is 11.9. The summed E-state index contributed by atoms with van der Waals surface area (Å²) in [6.45, 7) is 5.77. The highest BCUT2D eigenvalue weighted by Crippen LogP contribution is 2.20. The Bertz CT molecular complexity index is 501. The molecule has 0 saturated heterocycles. The van der Waals surface area contributed by atoms with E-state index in [-0.39, 0.29) is 18.1 Å². The number of carbonyl (C=O) groups excluding carboxylic acids is 1. The molecule has 9 heteroatoms. The fourth-order valence-electron chi connectivity index (χ4n) is 1.47. The number of anilines is 1. The summed E-state index contributed by atoms with van der Waals surface area (Å²) in [5.74, 6) is 0.264. The summed E-state index contributed by atoms with van der Waals surface area (Å²) in [5, 5.41) is 5.32. The predicted octanol–water partition coefficient (Wildman–Crippen LogP) is 2.52. The fourth-order valence-corrected chi connectivity index (χ4v) is 1.47. The maximum absolute atomic E-state index is 12.3. The van der Waals surface area contributed by atoms with Crippen LogP contribution in [0.5, 0.6) is 0 Å². The Morgan fingerprint density at radius 1 is 1.23 bits per heavy atom. The van der Waals surface area contributed by atoms with Gasteiger partial charge >= 0.3 is 12.3 Å². The second kappa shape index (κ2) is 7.28. The molecule has 6 nitrogen and oxygen atoms in total. The first-order chi connectivity index (χ1) is 10.1. The van der Waals surface area contributed by atoms with Crippen LogP contribution in [-0.2, 0) is 11.2 Å². The van der Waals surface area contributed by atoms with Crippen LogP contribution >= 0.6 is 0 Å². The Kier molecular flexibility index (Phi) is 5.95. The van der Waals surface area contributed by atoms with Crippen LogP contribution < -0.4 is 10.6 Å². The van der Waals surface area contributed by atoms with Crippen LogP contribution in [0.25, 0.3) is 0 Å². The van der Waals surface area contributed by atoms with Crippen LogP contribution in [0, 0.1) is 0 Å². The van der Waals surface area contributed by atoms with Gasteiger partial charge in [0, 0.05) is 19.2 Å². The largest absolute Gasteiger partial charge is 0.444 e. The molecular formula is C13H19F3N4O2. The summed E-state index contributed by atoms with van der Waals surface area (Å²) < 4.78 is 41.8. The van der Waals surface area contributed by atoms with Gasteiger partial charge in [0.1, 0.15) is 17.7 Å². The summed E-state index contributed by atoms with van der Waals surface area (Å²) in [6, 6.07) is 1.22. The monoisotopic (exact) mass is 320 g/mol. The molecule has 0 bridgehead atoms. The molecule has 0 unspecified atom stereocenters. The highest BCUT2D eigenvalue weighted by Gasteiger charge is 2.28. The van der Waals surface area contributed by atoms with Crippen molar-refractivity contribution in [1.29, 1.82) is 0 Å². The summed E-state index contributed by atoms with van der Waals surface area (Å²) in [4.78, 5) is 18.7. The molecule has 1 amide bonds. The number of aromatic nitrogens is 2. The van der Waals surface area contributed by atoms with Gasteiger partial charge in [0.05, 0.1) is 12.1 Å². The lowest BCUT2D eigenvalue weighted by molar-refractivity contribution is -0.127. The van der Waals surface area contributed by atoms with Gasteiger partial charge in [-0.1, -0.05) is 0 Å². The molecule has 2 N–H and O–H groups in total. The van der Waals surface area contributed by atoms with Crippen LogP contribution in [-0.4, -0.2) is 40.9 Å². The summed E-state index contributed by atoms with van der Waals surface area (Å²) >= 11 is 0. The molecule has 0 aliphatic rings. The molecule has 0 spiro atoms. The average Bonchev–Trinajstić information content (AvgIpc) is 2.31. The molecule has 22 heavy (non-hydrogen) atoms. The Morgan fingerprint density at radius 2 is 1.91 bits per heavy atom. The molecule has 1 rings (SSSR count). The smallest absolute Gasteiger partial charge is 0.407 e. The summed E-state index contributed by atoms with van der Waals surface area (Å²) in [6.07, 6.45) is -4.93. The molecule has 0 saturated carbocycles. The van der Waals surface area contributed by atoms with Crippen molar-refractivity contribution in [1.82, 2.24) is 15.3 Å². The van der Waals surface area contributed by atoms with Crippen LogP contribution in [0.2, 0.25) is 0 Å². The van der Waals surface area contributed by atoms with Crippen LogP contribution in [0.4, 0.5) is 23.8 Å². The van der Waals surface area contributed by atoms with E-state index >= 15 is 0 Å². The number of amides is 1. The third-order valence-electron chi connectivity index (χ3n) is 2.20. The maximum atomic E-state index is 12.3. The SMILES string of the molecule is CC(C)(C)OC(=O)NCCNc1cc(CC(F)(F)F)ncn1. The summed E-state index contributed by atoms with van der Waals surface area (Å²) in [7, 11) is 0. The number of ether oxygens (including phenoxy) is 1. The van der Waals surface area contributed by atoms with Crippen molar-refractivity contribution in [3.8, 4) is 0 Å². The van der Waals surface area contributed by atoms with Crippen LogP contribution in [0.3, 0.4) is 0 Å². The van der Waals surface area contributed by atoms with Crippen molar-refractivity contribution in [2.75, 3.05) is 18.4 Å². The first-order valence-electron chi connectivity index (χ1n) is 6.63. The first-order valence-corrected chi connectivity index (χ1v) is 6.63.